The van der Waals surface area contributed by atoms with Gasteiger partial charge in [0.15, 0.2) is 0 Å². The second kappa shape index (κ2) is 10.1. The van der Waals surface area contributed by atoms with E-state index < -0.39 is 5.41 Å². The van der Waals surface area contributed by atoms with Crippen LogP contribution in [0.1, 0.15) is 22.3 Å². The van der Waals surface area contributed by atoms with E-state index in [9.17, 15) is 0 Å². The highest BCUT2D eigenvalue weighted by Gasteiger charge is 2.51. The fraction of sp³-hybridized carbons (Fsp3) is 0.0233. The molecule has 0 radical (unpaired) electrons. The topological polar surface area (TPSA) is 12.5 Å². The van der Waals surface area contributed by atoms with Gasteiger partial charge in [0.05, 0.1) is 5.41 Å². The lowest BCUT2D eigenvalue weighted by atomic mass is 9.66. The average Bonchev–Trinajstić information content (AvgIpc) is 3.40. The molecular formula is C43H29NO. The smallest absolute Gasteiger partial charge is 0.132 e. The lowest BCUT2D eigenvalue weighted by molar-refractivity contribution is 0.436. The molecule has 2 nitrogen and oxygen atoms in total. The molecule has 2 heteroatoms. The Morgan fingerprint density at radius 3 is 1.53 bits per heavy atom. The summed E-state index contributed by atoms with van der Waals surface area (Å²) in [5.74, 6) is 1.81. The van der Waals surface area contributed by atoms with Gasteiger partial charge in [-0.15, -0.1) is 0 Å². The van der Waals surface area contributed by atoms with Gasteiger partial charge >= 0.3 is 0 Å². The molecule has 7 aromatic rings. The average molecular weight is 576 g/mol. The number of anilines is 3. The summed E-state index contributed by atoms with van der Waals surface area (Å²) < 4.78 is 6.55. The Hall–Kier alpha value is -5.86. The van der Waals surface area contributed by atoms with Gasteiger partial charge in [0.2, 0.25) is 0 Å². The summed E-state index contributed by atoms with van der Waals surface area (Å²) in [6, 6.07) is 63.0. The predicted octanol–water partition coefficient (Wildman–Crippen LogP) is 11.3. The maximum absolute atomic E-state index is 6.55. The van der Waals surface area contributed by atoms with E-state index in [1.54, 1.807) is 0 Å². The number of ether oxygens (including phenoxy) is 1. The quantitative estimate of drug-likeness (QED) is 0.207. The second-order valence-electron chi connectivity index (χ2n) is 11.7. The Balaban J connectivity index is 1.29. The molecule has 7 aromatic carbocycles. The van der Waals surface area contributed by atoms with Crippen LogP contribution in [0.5, 0.6) is 11.5 Å². The lowest BCUT2D eigenvalue weighted by Gasteiger charge is -2.39. The Kier molecular flexibility index (Phi) is 5.76. The third-order valence-corrected chi connectivity index (χ3v) is 9.34. The second-order valence-corrected chi connectivity index (χ2v) is 11.7. The fourth-order valence-corrected chi connectivity index (χ4v) is 7.44. The van der Waals surface area contributed by atoms with Gasteiger partial charge in [-0.05, 0) is 81.9 Å². The molecule has 0 atom stereocenters. The number of nitrogens with zero attached hydrogens (tertiary/aromatic N) is 1. The molecule has 1 spiro atoms. The molecule has 0 fully saturated rings. The van der Waals surface area contributed by atoms with E-state index in [1.165, 1.54) is 44.5 Å². The first-order valence-electron chi connectivity index (χ1n) is 15.4. The zero-order valence-corrected chi connectivity index (χ0v) is 24.6. The predicted molar refractivity (Wildman–Crippen MR) is 184 cm³/mol. The summed E-state index contributed by atoms with van der Waals surface area (Å²) in [7, 11) is 0. The van der Waals surface area contributed by atoms with Crippen LogP contribution in [0, 0.1) is 0 Å². The van der Waals surface area contributed by atoms with Crippen molar-refractivity contribution in [2.75, 3.05) is 4.90 Å². The van der Waals surface area contributed by atoms with E-state index >= 15 is 0 Å². The van der Waals surface area contributed by atoms with E-state index in [0.29, 0.717) is 0 Å². The van der Waals surface area contributed by atoms with E-state index in [-0.39, 0.29) is 0 Å². The van der Waals surface area contributed by atoms with Crippen molar-refractivity contribution in [1.82, 2.24) is 0 Å². The molecule has 212 valence electrons. The van der Waals surface area contributed by atoms with Crippen LogP contribution in [-0.2, 0) is 5.41 Å². The first-order valence-corrected chi connectivity index (χ1v) is 15.4. The van der Waals surface area contributed by atoms with Crippen molar-refractivity contribution in [2.45, 2.75) is 5.41 Å². The first kappa shape index (κ1) is 25.6. The van der Waals surface area contributed by atoms with Gasteiger partial charge in [-0.1, -0.05) is 127 Å². The first-order chi connectivity index (χ1) is 22.3. The van der Waals surface area contributed by atoms with Crippen molar-refractivity contribution in [2.24, 2.45) is 0 Å². The number of hydrogen-bond acceptors (Lipinski definition) is 2. The van der Waals surface area contributed by atoms with Crippen LogP contribution in [-0.4, -0.2) is 0 Å². The molecule has 0 saturated carbocycles. The highest BCUT2D eigenvalue weighted by molar-refractivity contribution is 5.91. The summed E-state index contributed by atoms with van der Waals surface area (Å²) in [5, 5.41) is 0. The molecule has 0 saturated heterocycles. The number of rotatable bonds is 4. The molecule has 2 aliphatic rings. The standard InChI is InChI=1S/C43H29NO/c1-3-13-30(14-4-1)31-23-25-33(26-24-31)44(32-15-5-2-6-16-32)34-27-28-36-35-17-7-8-18-37(35)43(40(36)29-34)38-19-9-11-21-41(38)45-42-22-12-10-20-39(42)43/h1-29H. The van der Waals surface area contributed by atoms with Gasteiger partial charge in [-0.25, -0.2) is 0 Å². The number of para-hydroxylation sites is 3. The zero-order chi connectivity index (χ0) is 29.8. The normalized spacial score (nSPS) is 13.2. The van der Waals surface area contributed by atoms with Crippen LogP contribution in [0.15, 0.2) is 176 Å². The molecule has 0 aromatic heterocycles. The van der Waals surface area contributed by atoms with E-state index in [0.717, 1.165) is 28.6 Å². The van der Waals surface area contributed by atoms with E-state index in [1.807, 2.05) is 0 Å². The molecule has 0 N–H and O–H groups in total. The number of fused-ring (bicyclic) bond motifs is 9. The number of hydrogen-bond donors (Lipinski definition) is 0. The maximum atomic E-state index is 6.55. The van der Waals surface area contributed by atoms with Gasteiger partial charge in [0.1, 0.15) is 11.5 Å². The van der Waals surface area contributed by atoms with Crippen molar-refractivity contribution < 1.29 is 4.74 Å². The van der Waals surface area contributed by atoms with Gasteiger partial charge < -0.3 is 9.64 Å². The van der Waals surface area contributed by atoms with Crippen molar-refractivity contribution in [3.05, 3.63) is 198 Å². The molecule has 0 bridgehead atoms. The third kappa shape index (κ3) is 3.82. The highest BCUT2D eigenvalue weighted by atomic mass is 16.5. The highest BCUT2D eigenvalue weighted by Crippen LogP contribution is 2.62. The fourth-order valence-electron chi connectivity index (χ4n) is 7.44. The molecule has 0 unspecified atom stereocenters. The van der Waals surface area contributed by atoms with Crippen molar-refractivity contribution >= 4 is 17.1 Å². The van der Waals surface area contributed by atoms with Crippen molar-refractivity contribution in [1.29, 1.82) is 0 Å². The lowest BCUT2D eigenvalue weighted by Crippen LogP contribution is -2.32. The third-order valence-electron chi connectivity index (χ3n) is 9.34. The summed E-state index contributed by atoms with van der Waals surface area (Å²) in [4.78, 5) is 2.36. The van der Waals surface area contributed by atoms with Crippen LogP contribution in [0.3, 0.4) is 0 Å². The Morgan fingerprint density at radius 2 is 0.844 bits per heavy atom. The Morgan fingerprint density at radius 1 is 0.356 bits per heavy atom. The Labute approximate surface area is 263 Å². The summed E-state index contributed by atoms with van der Waals surface area (Å²) in [5.41, 5.74) is 12.7. The van der Waals surface area contributed by atoms with Gasteiger partial charge in [-0.2, -0.15) is 0 Å². The monoisotopic (exact) mass is 575 g/mol. The molecular weight excluding hydrogens is 546 g/mol. The summed E-state index contributed by atoms with van der Waals surface area (Å²) in [6.45, 7) is 0. The van der Waals surface area contributed by atoms with Gasteiger partial charge in [0, 0.05) is 28.2 Å². The van der Waals surface area contributed by atoms with Crippen LogP contribution in [0.25, 0.3) is 22.3 Å². The minimum atomic E-state index is -0.507. The maximum Gasteiger partial charge on any atom is 0.132 e. The molecule has 0 amide bonds. The minimum Gasteiger partial charge on any atom is -0.457 e. The van der Waals surface area contributed by atoms with Crippen LogP contribution >= 0.6 is 0 Å². The minimum absolute atomic E-state index is 0.507. The summed E-state index contributed by atoms with van der Waals surface area (Å²) >= 11 is 0. The van der Waals surface area contributed by atoms with Gasteiger partial charge in [0.25, 0.3) is 0 Å². The molecule has 1 aliphatic carbocycles. The molecule has 1 heterocycles. The molecule has 1 aliphatic heterocycles. The van der Waals surface area contributed by atoms with E-state index in [2.05, 4.69) is 181 Å². The van der Waals surface area contributed by atoms with Crippen LogP contribution < -0.4 is 9.64 Å². The Bertz CT molecular complexity index is 2140. The van der Waals surface area contributed by atoms with Crippen molar-refractivity contribution in [3.8, 4) is 33.8 Å². The number of benzene rings is 7. The summed E-state index contributed by atoms with van der Waals surface area (Å²) in [6.07, 6.45) is 0. The van der Waals surface area contributed by atoms with E-state index in [4.69, 9.17) is 4.74 Å². The van der Waals surface area contributed by atoms with Crippen molar-refractivity contribution in [3.63, 3.8) is 0 Å². The van der Waals surface area contributed by atoms with Gasteiger partial charge in [-0.3, -0.25) is 0 Å². The molecule has 45 heavy (non-hydrogen) atoms. The van der Waals surface area contributed by atoms with Crippen LogP contribution in [0.4, 0.5) is 17.1 Å². The SMILES string of the molecule is c1ccc(-c2ccc(N(c3ccccc3)c3ccc4c(c3)C3(c5ccccc5Oc5ccccc53)c3ccccc3-4)cc2)cc1. The zero-order valence-electron chi connectivity index (χ0n) is 24.6. The largest absolute Gasteiger partial charge is 0.457 e. The van der Waals surface area contributed by atoms with Crippen LogP contribution in [0.2, 0.25) is 0 Å². The molecule has 9 rings (SSSR count).